The molecule has 0 amide bonds. The van der Waals surface area contributed by atoms with Gasteiger partial charge in [-0.3, -0.25) is 4.98 Å². The zero-order valence-electron chi connectivity index (χ0n) is 5.20. The van der Waals surface area contributed by atoms with Gasteiger partial charge in [0.1, 0.15) is 0 Å². The van der Waals surface area contributed by atoms with Crippen LogP contribution in [-0.2, 0) is 0 Å². The van der Waals surface area contributed by atoms with E-state index in [2.05, 4.69) is 20.9 Å². The van der Waals surface area contributed by atoms with E-state index in [1.54, 1.807) is 12.4 Å². The van der Waals surface area contributed by atoms with Crippen LogP contribution in [0.4, 0.5) is 0 Å². The summed E-state index contributed by atoms with van der Waals surface area (Å²) in [6.45, 7) is 0. The Morgan fingerprint density at radius 1 is 1.40 bits per heavy atom. The van der Waals surface area contributed by atoms with Crippen molar-refractivity contribution in [2.24, 2.45) is 5.73 Å². The molecule has 1 aromatic rings. The minimum absolute atomic E-state index is 0. The fourth-order valence-corrected chi connectivity index (χ4v) is 0.853. The van der Waals surface area contributed by atoms with E-state index in [-0.39, 0.29) is 17.4 Å². The van der Waals surface area contributed by atoms with Gasteiger partial charge in [-0.2, -0.15) is 0 Å². The maximum Gasteiger partial charge on any atom is 0.0862 e. The minimum atomic E-state index is -0.0690. The maximum atomic E-state index is 5.50. The van der Waals surface area contributed by atoms with Gasteiger partial charge >= 0.3 is 0 Å². The molecule has 0 aliphatic rings. The maximum absolute atomic E-state index is 5.50. The molecule has 1 atom stereocenters. The van der Waals surface area contributed by atoms with Crippen LogP contribution in [0.25, 0.3) is 0 Å². The van der Waals surface area contributed by atoms with E-state index in [9.17, 15) is 0 Å². The Balaban J connectivity index is 0.000000810. The van der Waals surface area contributed by atoms with E-state index >= 15 is 0 Å². The van der Waals surface area contributed by atoms with Gasteiger partial charge in [-0.05, 0) is 17.7 Å². The highest BCUT2D eigenvalue weighted by molar-refractivity contribution is 9.09. The van der Waals surface area contributed by atoms with Crippen molar-refractivity contribution in [1.29, 1.82) is 0 Å². The lowest BCUT2D eigenvalue weighted by molar-refractivity contribution is 1.04. The van der Waals surface area contributed by atoms with Crippen molar-refractivity contribution in [3.05, 3.63) is 30.1 Å². The summed E-state index contributed by atoms with van der Waals surface area (Å²) in [7, 11) is 0. The average Bonchev–Trinajstić information content (AvgIpc) is 1.90. The van der Waals surface area contributed by atoms with E-state index in [0.717, 1.165) is 5.56 Å². The van der Waals surface area contributed by atoms with Crippen molar-refractivity contribution in [2.75, 3.05) is 0 Å². The van der Waals surface area contributed by atoms with E-state index < -0.39 is 0 Å². The van der Waals surface area contributed by atoms with Gasteiger partial charge in [-0.1, -0.05) is 15.9 Å². The van der Waals surface area contributed by atoms with Gasteiger partial charge in [0.15, 0.2) is 0 Å². The minimum Gasteiger partial charge on any atom is -0.315 e. The number of halogens is 2. The molecule has 2 N–H and O–H groups in total. The summed E-state index contributed by atoms with van der Waals surface area (Å²) in [5.74, 6) is 0. The van der Waals surface area contributed by atoms with Gasteiger partial charge in [0.2, 0.25) is 0 Å². The van der Waals surface area contributed by atoms with E-state index in [4.69, 9.17) is 5.73 Å². The van der Waals surface area contributed by atoms with Crippen LogP contribution in [0.3, 0.4) is 0 Å². The highest BCUT2D eigenvalue weighted by atomic mass is 79.9. The third-order valence-corrected chi connectivity index (χ3v) is 1.55. The number of nitrogens with zero attached hydrogens (tertiary/aromatic N) is 1. The van der Waals surface area contributed by atoms with Crippen LogP contribution in [0.15, 0.2) is 24.5 Å². The third kappa shape index (κ3) is 2.64. The molecular formula is C6H8BrClN2. The number of rotatable bonds is 1. The smallest absolute Gasteiger partial charge is 0.0862 e. The molecule has 1 heterocycles. The molecule has 0 saturated carbocycles. The molecule has 0 aliphatic carbocycles. The first-order valence-electron chi connectivity index (χ1n) is 2.60. The Morgan fingerprint density at radius 3 is 2.20 bits per heavy atom. The Labute approximate surface area is 74.4 Å². The Hall–Kier alpha value is -0.120. The molecule has 4 heteroatoms. The second-order valence-corrected chi connectivity index (χ2v) is 2.67. The standard InChI is InChI=1S/C6H7BrN2.ClH/c7-6(8)5-1-3-9-4-2-5;/h1-4,6H,8H2;1H. The number of nitrogens with two attached hydrogens (primary N) is 1. The molecule has 1 aromatic heterocycles. The first kappa shape index (κ1) is 9.88. The second kappa shape index (κ2) is 4.66. The largest absolute Gasteiger partial charge is 0.315 e. The number of alkyl halides is 1. The SMILES string of the molecule is Cl.NC(Br)c1ccncc1. The van der Waals surface area contributed by atoms with Crippen molar-refractivity contribution in [3.63, 3.8) is 0 Å². The number of hydrogen-bond acceptors (Lipinski definition) is 2. The van der Waals surface area contributed by atoms with Crippen LogP contribution in [0.2, 0.25) is 0 Å². The Morgan fingerprint density at radius 2 is 1.90 bits per heavy atom. The topological polar surface area (TPSA) is 38.9 Å². The molecule has 0 saturated heterocycles. The molecule has 0 aromatic carbocycles. The van der Waals surface area contributed by atoms with Crippen LogP contribution >= 0.6 is 28.3 Å². The van der Waals surface area contributed by atoms with Crippen LogP contribution in [0, 0.1) is 0 Å². The second-order valence-electron chi connectivity index (χ2n) is 1.68. The van der Waals surface area contributed by atoms with Crippen LogP contribution < -0.4 is 5.73 Å². The fraction of sp³-hybridized carbons (Fsp3) is 0.167. The summed E-state index contributed by atoms with van der Waals surface area (Å²) in [6.07, 6.45) is 3.44. The first-order valence-corrected chi connectivity index (χ1v) is 3.52. The van der Waals surface area contributed by atoms with Crippen molar-refractivity contribution in [1.82, 2.24) is 4.98 Å². The number of aromatic nitrogens is 1. The van der Waals surface area contributed by atoms with E-state index in [0.29, 0.717) is 0 Å². The van der Waals surface area contributed by atoms with Gasteiger partial charge < -0.3 is 5.73 Å². The predicted octanol–water partition coefficient (Wildman–Crippen LogP) is 1.86. The summed E-state index contributed by atoms with van der Waals surface area (Å²) >= 11 is 3.23. The van der Waals surface area contributed by atoms with Gasteiger partial charge in [0.05, 0.1) is 4.95 Å². The van der Waals surface area contributed by atoms with Crippen molar-refractivity contribution < 1.29 is 0 Å². The monoisotopic (exact) mass is 222 g/mol. The zero-order valence-corrected chi connectivity index (χ0v) is 7.60. The fourth-order valence-electron chi connectivity index (χ4n) is 0.547. The Kier molecular flexibility index (Phi) is 4.60. The molecule has 0 fully saturated rings. The van der Waals surface area contributed by atoms with Gasteiger partial charge in [0.25, 0.3) is 0 Å². The van der Waals surface area contributed by atoms with Crippen molar-refractivity contribution in [3.8, 4) is 0 Å². The molecule has 56 valence electrons. The summed E-state index contributed by atoms with van der Waals surface area (Å²) in [6, 6.07) is 3.75. The summed E-state index contributed by atoms with van der Waals surface area (Å²) < 4.78 is 0. The van der Waals surface area contributed by atoms with Crippen LogP contribution in [-0.4, -0.2) is 4.98 Å². The van der Waals surface area contributed by atoms with Crippen LogP contribution in [0.5, 0.6) is 0 Å². The molecule has 0 aliphatic heterocycles. The lowest BCUT2D eigenvalue weighted by atomic mass is 10.3. The number of pyridine rings is 1. The van der Waals surface area contributed by atoms with E-state index in [1.807, 2.05) is 12.1 Å². The zero-order chi connectivity index (χ0) is 6.69. The molecule has 0 spiro atoms. The van der Waals surface area contributed by atoms with Gasteiger partial charge in [-0.15, -0.1) is 12.4 Å². The molecule has 0 bridgehead atoms. The Bertz CT molecular complexity index is 178. The van der Waals surface area contributed by atoms with Crippen LogP contribution in [0.1, 0.15) is 10.5 Å². The lowest BCUT2D eigenvalue weighted by Crippen LogP contribution is -2.00. The third-order valence-electron chi connectivity index (χ3n) is 1.02. The molecule has 1 rings (SSSR count). The first-order chi connectivity index (χ1) is 4.30. The highest BCUT2D eigenvalue weighted by Gasteiger charge is 1.96. The van der Waals surface area contributed by atoms with Gasteiger partial charge in [-0.25, -0.2) is 0 Å². The summed E-state index contributed by atoms with van der Waals surface area (Å²) in [5, 5.41) is 0. The van der Waals surface area contributed by atoms with Crippen molar-refractivity contribution >= 4 is 28.3 Å². The molecule has 2 nitrogen and oxygen atoms in total. The van der Waals surface area contributed by atoms with Gasteiger partial charge in [0, 0.05) is 12.4 Å². The molecule has 10 heavy (non-hydrogen) atoms. The summed E-state index contributed by atoms with van der Waals surface area (Å²) in [5.41, 5.74) is 6.55. The number of hydrogen-bond donors (Lipinski definition) is 1. The normalized spacial score (nSPS) is 11.8. The predicted molar refractivity (Wildman–Crippen MR) is 47.3 cm³/mol. The molecule has 1 unspecified atom stereocenters. The highest BCUT2D eigenvalue weighted by Crippen LogP contribution is 2.13. The molecular weight excluding hydrogens is 215 g/mol. The van der Waals surface area contributed by atoms with E-state index in [1.165, 1.54) is 0 Å². The quantitative estimate of drug-likeness (QED) is 0.583. The van der Waals surface area contributed by atoms with Crippen molar-refractivity contribution in [2.45, 2.75) is 4.95 Å². The summed E-state index contributed by atoms with van der Waals surface area (Å²) in [4.78, 5) is 3.78. The average molecular weight is 224 g/mol. The lowest BCUT2D eigenvalue weighted by Gasteiger charge is -1.99. The molecule has 0 radical (unpaired) electrons.